The quantitative estimate of drug-likeness (QED) is 0.752. The van der Waals surface area contributed by atoms with E-state index >= 15 is 0 Å². The topological polar surface area (TPSA) is 51.0 Å². The first-order valence-corrected chi connectivity index (χ1v) is 7.64. The van der Waals surface area contributed by atoms with E-state index in [4.69, 9.17) is 4.42 Å². The molecule has 1 N–H and O–H groups in total. The Balaban J connectivity index is 1.73. The monoisotopic (exact) mass is 329 g/mol. The van der Waals surface area contributed by atoms with Gasteiger partial charge in [-0.05, 0) is 32.0 Å². The summed E-state index contributed by atoms with van der Waals surface area (Å²) in [5.74, 6) is -0.346. The lowest BCUT2D eigenvalue weighted by Gasteiger charge is -2.18. The molecule has 0 spiro atoms. The first-order valence-electron chi connectivity index (χ1n) is 7.64. The highest BCUT2D eigenvalue weighted by Gasteiger charge is 2.19. The summed E-state index contributed by atoms with van der Waals surface area (Å²) in [4.78, 5) is 0. The summed E-state index contributed by atoms with van der Waals surface area (Å²) in [7, 11) is 0. The Morgan fingerprint density at radius 3 is 2.42 bits per heavy atom. The van der Waals surface area contributed by atoms with Crippen molar-refractivity contribution in [3.05, 3.63) is 71.6 Å². The van der Waals surface area contributed by atoms with Gasteiger partial charge in [-0.15, -0.1) is 10.2 Å². The first kappa shape index (κ1) is 16.3. The van der Waals surface area contributed by atoms with Crippen molar-refractivity contribution in [2.24, 2.45) is 0 Å². The van der Waals surface area contributed by atoms with Crippen LogP contribution in [0, 0.1) is 11.6 Å². The molecule has 0 aliphatic carbocycles. The highest BCUT2D eigenvalue weighted by molar-refractivity contribution is 5.51. The molecule has 124 valence electrons. The minimum Gasteiger partial charge on any atom is -0.419 e. The molecule has 0 fully saturated rings. The highest BCUT2D eigenvalue weighted by Crippen LogP contribution is 2.24. The molecule has 2 unspecified atom stereocenters. The molecular weight excluding hydrogens is 312 g/mol. The number of halogens is 2. The largest absolute Gasteiger partial charge is 0.419 e. The Kier molecular flexibility index (Phi) is 4.66. The summed E-state index contributed by atoms with van der Waals surface area (Å²) in [5, 5.41) is 11.3. The average molecular weight is 329 g/mol. The molecule has 2 aromatic carbocycles. The summed E-state index contributed by atoms with van der Waals surface area (Å²) in [6.07, 6.45) is 0. The van der Waals surface area contributed by atoms with Crippen LogP contribution in [0.2, 0.25) is 0 Å². The number of benzene rings is 2. The SMILES string of the molecule is CC(NC(C)c1ccc(F)cc1F)c1nnc(-c2ccccc2)o1. The van der Waals surface area contributed by atoms with Crippen molar-refractivity contribution in [3.8, 4) is 11.5 Å². The standard InChI is InChI=1S/C18H17F2N3O/c1-11(15-9-8-14(19)10-16(15)20)21-12(2)17-22-23-18(24-17)13-6-4-3-5-7-13/h3-12,21H,1-2H3. The third kappa shape index (κ3) is 3.49. The van der Waals surface area contributed by atoms with Crippen LogP contribution in [0.25, 0.3) is 11.5 Å². The summed E-state index contributed by atoms with van der Waals surface area (Å²) < 4.78 is 32.5. The molecule has 0 aliphatic heterocycles. The van der Waals surface area contributed by atoms with Crippen LogP contribution < -0.4 is 5.32 Å². The zero-order chi connectivity index (χ0) is 17.1. The van der Waals surface area contributed by atoms with Crippen LogP contribution in [0.3, 0.4) is 0 Å². The Labute approximate surface area is 138 Å². The molecule has 24 heavy (non-hydrogen) atoms. The third-order valence-corrected chi connectivity index (χ3v) is 3.76. The van der Waals surface area contributed by atoms with Gasteiger partial charge in [0.2, 0.25) is 11.8 Å². The lowest BCUT2D eigenvalue weighted by Crippen LogP contribution is -2.23. The molecule has 0 aliphatic rings. The van der Waals surface area contributed by atoms with Crippen molar-refractivity contribution < 1.29 is 13.2 Å². The van der Waals surface area contributed by atoms with Crippen molar-refractivity contribution in [1.29, 1.82) is 0 Å². The van der Waals surface area contributed by atoms with Crippen LogP contribution in [-0.2, 0) is 0 Å². The summed E-state index contributed by atoms with van der Waals surface area (Å²) in [6, 6.07) is 12.4. The van der Waals surface area contributed by atoms with E-state index in [0.29, 0.717) is 17.3 Å². The van der Waals surface area contributed by atoms with Crippen molar-refractivity contribution in [1.82, 2.24) is 15.5 Å². The van der Waals surface area contributed by atoms with Gasteiger partial charge >= 0.3 is 0 Å². The van der Waals surface area contributed by atoms with Gasteiger partial charge < -0.3 is 4.42 Å². The van der Waals surface area contributed by atoms with E-state index in [9.17, 15) is 8.78 Å². The van der Waals surface area contributed by atoms with Crippen LogP contribution in [-0.4, -0.2) is 10.2 Å². The number of nitrogens with zero attached hydrogens (tertiary/aromatic N) is 2. The molecule has 0 saturated carbocycles. The predicted octanol–water partition coefficient (Wildman–Crippen LogP) is 4.43. The smallest absolute Gasteiger partial charge is 0.247 e. The van der Waals surface area contributed by atoms with Gasteiger partial charge in [0.05, 0.1) is 6.04 Å². The van der Waals surface area contributed by atoms with E-state index in [1.165, 1.54) is 12.1 Å². The van der Waals surface area contributed by atoms with Gasteiger partial charge in [-0.1, -0.05) is 24.3 Å². The number of rotatable bonds is 5. The Bertz CT molecular complexity index is 820. The molecule has 1 aromatic heterocycles. The Morgan fingerprint density at radius 2 is 1.71 bits per heavy atom. The van der Waals surface area contributed by atoms with Crippen LogP contribution in [0.4, 0.5) is 8.78 Å². The zero-order valence-corrected chi connectivity index (χ0v) is 13.3. The lowest BCUT2D eigenvalue weighted by atomic mass is 10.1. The van der Waals surface area contributed by atoms with Crippen LogP contribution in [0.1, 0.15) is 37.4 Å². The normalized spacial score (nSPS) is 13.7. The van der Waals surface area contributed by atoms with Crippen molar-refractivity contribution in [2.45, 2.75) is 25.9 Å². The first-order chi connectivity index (χ1) is 11.5. The van der Waals surface area contributed by atoms with Crippen molar-refractivity contribution in [2.75, 3.05) is 0 Å². The fourth-order valence-corrected chi connectivity index (χ4v) is 2.50. The fraction of sp³-hybridized carbons (Fsp3) is 0.222. The van der Waals surface area contributed by atoms with Crippen molar-refractivity contribution >= 4 is 0 Å². The van der Waals surface area contributed by atoms with E-state index in [0.717, 1.165) is 11.6 Å². The molecule has 0 saturated heterocycles. The maximum Gasteiger partial charge on any atom is 0.247 e. The number of nitrogens with one attached hydrogen (secondary N) is 1. The molecular formula is C18H17F2N3O. The van der Waals surface area contributed by atoms with Gasteiger partial charge in [-0.25, -0.2) is 8.78 Å². The molecule has 1 heterocycles. The van der Waals surface area contributed by atoms with E-state index in [1.807, 2.05) is 37.3 Å². The molecule has 3 aromatic rings. The minimum absolute atomic E-state index is 0.283. The Hall–Kier alpha value is -2.60. The van der Waals surface area contributed by atoms with Gasteiger partial charge in [-0.3, -0.25) is 5.32 Å². The predicted molar refractivity (Wildman–Crippen MR) is 86.1 cm³/mol. The second-order valence-electron chi connectivity index (χ2n) is 5.59. The van der Waals surface area contributed by atoms with Gasteiger partial charge in [-0.2, -0.15) is 0 Å². The van der Waals surface area contributed by atoms with E-state index < -0.39 is 11.6 Å². The highest BCUT2D eigenvalue weighted by atomic mass is 19.1. The maximum atomic E-state index is 13.8. The van der Waals surface area contributed by atoms with E-state index in [1.54, 1.807) is 6.92 Å². The number of hydrogen-bond donors (Lipinski definition) is 1. The average Bonchev–Trinajstić information content (AvgIpc) is 3.05. The molecule has 0 radical (unpaired) electrons. The van der Waals surface area contributed by atoms with E-state index in [-0.39, 0.29) is 12.1 Å². The molecule has 0 bridgehead atoms. The van der Waals surface area contributed by atoms with Crippen LogP contribution in [0.15, 0.2) is 52.9 Å². The molecule has 2 atom stereocenters. The number of aromatic nitrogens is 2. The van der Waals surface area contributed by atoms with E-state index in [2.05, 4.69) is 15.5 Å². The minimum atomic E-state index is -0.596. The second-order valence-corrected chi connectivity index (χ2v) is 5.59. The molecule has 0 amide bonds. The second kappa shape index (κ2) is 6.88. The van der Waals surface area contributed by atoms with Gasteiger partial charge in [0.1, 0.15) is 11.6 Å². The summed E-state index contributed by atoms with van der Waals surface area (Å²) in [6.45, 7) is 3.64. The van der Waals surface area contributed by atoms with Crippen LogP contribution in [0.5, 0.6) is 0 Å². The third-order valence-electron chi connectivity index (χ3n) is 3.76. The van der Waals surface area contributed by atoms with Crippen molar-refractivity contribution in [3.63, 3.8) is 0 Å². The lowest BCUT2D eigenvalue weighted by molar-refractivity contribution is 0.389. The fourth-order valence-electron chi connectivity index (χ4n) is 2.50. The Morgan fingerprint density at radius 1 is 0.958 bits per heavy atom. The number of hydrogen-bond acceptors (Lipinski definition) is 4. The van der Waals surface area contributed by atoms with Gasteiger partial charge in [0.25, 0.3) is 0 Å². The molecule has 3 rings (SSSR count). The molecule has 6 heteroatoms. The summed E-state index contributed by atoms with van der Waals surface area (Å²) >= 11 is 0. The zero-order valence-electron chi connectivity index (χ0n) is 13.3. The van der Waals surface area contributed by atoms with Gasteiger partial charge in [0.15, 0.2) is 0 Å². The van der Waals surface area contributed by atoms with Crippen LogP contribution >= 0.6 is 0 Å². The summed E-state index contributed by atoms with van der Waals surface area (Å²) in [5.41, 5.74) is 1.21. The maximum absolute atomic E-state index is 13.8. The molecule has 4 nitrogen and oxygen atoms in total. The van der Waals surface area contributed by atoms with Gasteiger partial charge in [0, 0.05) is 23.2 Å².